The van der Waals surface area contributed by atoms with Crippen LogP contribution < -0.4 is 10.5 Å². The highest BCUT2D eigenvalue weighted by atomic mass is 35.5. The van der Waals surface area contributed by atoms with Crippen molar-refractivity contribution in [1.82, 2.24) is 0 Å². The zero-order chi connectivity index (χ0) is 21.3. The van der Waals surface area contributed by atoms with Crippen molar-refractivity contribution < 1.29 is 23.8 Å². The van der Waals surface area contributed by atoms with Gasteiger partial charge in [-0.05, 0) is 30.7 Å². The molecule has 0 radical (unpaired) electrons. The molecule has 0 aliphatic rings. The van der Waals surface area contributed by atoms with Crippen LogP contribution in [0.15, 0.2) is 24.3 Å². The summed E-state index contributed by atoms with van der Waals surface area (Å²) in [6.45, 7) is 2.12. The van der Waals surface area contributed by atoms with Gasteiger partial charge in [0.1, 0.15) is 19.0 Å². The Balaban J connectivity index is 2.25. The molecule has 0 saturated heterocycles. The quantitative estimate of drug-likeness (QED) is 0.272. The summed E-state index contributed by atoms with van der Waals surface area (Å²) in [5.41, 5.74) is 5.00. The first-order valence-corrected chi connectivity index (χ1v) is 10.9. The van der Waals surface area contributed by atoms with E-state index in [1.54, 1.807) is 24.3 Å². The topological polar surface area (TPSA) is 87.9 Å². The summed E-state index contributed by atoms with van der Waals surface area (Å²) in [6, 6.07) is 6.81. The number of hydrogen-bond donors (Lipinski definition) is 1. The molecular weight excluding hydrogens is 394 g/mol. The van der Waals surface area contributed by atoms with Gasteiger partial charge in [0.25, 0.3) is 0 Å². The van der Waals surface area contributed by atoms with E-state index in [4.69, 9.17) is 31.5 Å². The van der Waals surface area contributed by atoms with Crippen LogP contribution in [0, 0.1) is 0 Å². The van der Waals surface area contributed by atoms with Gasteiger partial charge in [-0.15, -0.1) is 0 Å². The molecule has 1 aromatic rings. The standard InChI is InChI=1S/C22H34ClNO5/c1-2-3-4-5-6-7-8-9-10-11-21(25)29-20(17-28-22(24)26)16-27-19-14-12-18(23)13-15-19/h12-15,20H,2-11,16-17H2,1H3,(H2,24,26)/t20-/m1/s1. The number of esters is 1. The van der Waals surface area contributed by atoms with E-state index < -0.39 is 12.2 Å². The summed E-state index contributed by atoms with van der Waals surface area (Å²) in [6.07, 6.45) is 9.29. The van der Waals surface area contributed by atoms with Crippen molar-refractivity contribution in [2.75, 3.05) is 13.2 Å². The molecule has 0 aliphatic heterocycles. The Kier molecular flexibility index (Phi) is 13.8. The molecule has 7 heteroatoms. The molecule has 1 atom stereocenters. The van der Waals surface area contributed by atoms with Crippen LogP contribution in [0.2, 0.25) is 5.02 Å². The average molecular weight is 428 g/mol. The molecule has 0 unspecified atom stereocenters. The van der Waals surface area contributed by atoms with Crippen molar-refractivity contribution >= 4 is 23.7 Å². The fourth-order valence-electron chi connectivity index (χ4n) is 2.84. The van der Waals surface area contributed by atoms with Crippen molar-refractivity contribution in [2.45, 2.75) is 77.2 Å². The molecule has 1 aromatic carbocycles. The van der Waals surface area contributed by atoms with Crippen LogP contribution in [0.25, 0.3) is 0 Å². The van der Waals surface area contributed by atoms with E-state index in [9.17, 15) is 9.59 Å². The Bertz CT molecular complexity index is 579. The minimum atomic E-state index is -0.920. The molecular formula is C22H34ClNO5. The van der Waals surface area contributed by atoms with Gasteiger partial charge in [0.15, 0.2) is 6.10 Å². The maximum Gasteiger partial charge on any atom is 0.404 e. The number of benzene rings is 1. The number of nitrogens with two attached hydrogens (primary N) is 1. The first-order valence-electron chi connectivity index (χ1n) is 10.5. The van der Waals surface area contributed by atoms with Gasteiger partial charge in [0.2, 0.25) is 0 Å². The normalized spacial score (nSPS) is 11.7. The lowest BCUT2D eigenvalue weighted by Crippen LogP contribution is -2.32. The van der Waals surface area contributed by atoms with E-state index in [1.807, 2.05) is 0 Å². The maximum absolute atomic E-state index is 12.1. The average Bonchev–Trinajstić information content (AvgIpc) is 2.70. The van der Waals surface area contributed by atoms with E-state index in [0.29, 0.717) is 17.2 Å². The Morgan fingerprint density at radius 3 is 2.10 bits per heavy atom. The van der Waals surface area contributed by atoms with Crippen molar-refractivity contribution in [3.8, 4) is 5.75 Å². The summed E-state index contributed by atoms with van der Waals surface area (Å²) in [5, 5.41) is 0.596. The summed E-state index contributed by atoms with van der Waals surface area (Å²) in [5.74, 6) is 0.249. The predicted molar refractivity (Wildman–Crippen MR) is 114 cm³/mol. The van der Waals surface area contributed by atoms with Crippen molar-refractivity contribution in [3.05, 3.63) is 29.3 Å². The SMILES string of the molecule is CCCCCCCCCCCC(=O)O[C@@H](COC(N)=O)COc1ccc(Cl)cc1. The van der Waals surface area contributed by atoms with Gasteiger partial charge in [-0.2, -0.15) is 0 Å². The first kappa shape index (κ1) is 25.1. The number of primary amides is 1. The molecule has 1 rings (SSSR count). The Labute approximate surface area is 179 Å². The third kappa shape index (κ3) is 13.8. The molecule has 0 aliphatic carbocycles. The number of amides is 1. The first-order chi connectivity index (χ1) is 14.0. The van der Waals surface area contributed by atoms with Crippen LogP contribution in [0.5, 0.6) is 5.75 Å². The fourth-order valence-corrected chi connectivity index (χ4v) is 2.96. The Hall–Kier alpha value is -1.95. The molecule has 0 spiro atoms. The second-order valence-electron chi connectivity index (χ2n) is 7.09. The second-order valence-corrected chi connectivity index (χ2v) is 7.52. The van der Waals surface area contributed by atoms with Gasteiger partial charge in [-0.1, -0.05) is 69.9 Å². The monoisotopic (exact) mass is 427 g/mol. The molecule has 2 N–H and O–H groups in total. The van der Waals surface area contributed by atoms with E-state index in [-0.39, 0.29) is 19.2 Å². The minimum Gasteiger partial charge on any atom is -0.490 e. The van der Waals surface area contributed by atoms with E-state index in [2.05, 4.69) is 6.92 Å². The van der Waals surface area contributed by atoms with Gasteiger partial charge >= 0.3 is 12.1 Å². The number of unbranched alkanes of at least 4 members (excludes halogenated alkanes) is 8. The fraction of sp³-hybridized carbons (Fsp3) is 0.636. The summed E-state index contributed by atoms with van der Waals surface area (Å²) in [4.78, 5) is 23.0. The molecule has 0 aromatic heterocycles. The van der Waals surface area contributed by atoms with Crippen molar-refractivity contribution in [3.63, 3.8) is 0 Å². The van der Waals surface area contributed by atoms with Gasteiger partial charge in [0.05, 0.1) is 0 Å². The molecule has 0 fully saturated rings. The number of carbonyl (C=O) groups excluding carboxylic acids is 2. The highest BCUT2D eigenvalue weighted by molar-refractivity contribution is 6.30. The zero-order valence-corrected chi connectivity index (χ0v) is 18.1. The van der Waals surface area contributed by atoms with Crippen LogP contribution in [0.3, 0.4) is 0 Å². The largest absolute Gasteiger partial charge is 0.490 e. The second kappa shape index (κ2) is 15.9. The zero-order valence-electron chi connectivity index (χ0n) is 17.4. The highest BCUT2D eigenvalue weighted by Crippen LogP contribution is 2.16. The van der Waals surface area contributed by atoms with E-state index in [1.165, 1.54) is 38.5 Å². The van der Waals surface area contributed by atoms with Crippen LogP contribution >= 0.6 is 11.6 Å². The smallest absolute Gasteiger partial charge is 0.404 e. The van der Waals surface area contributed by atoms with Gasteiger partial charge in [-0.3, -0.25) is 4.79 Å². The van der Waals surface area contributed by atoms with Crippen LogP contribution in [0.1, 0.15) is 71.1 Å². The summed E-state index contributed by atoms with van der Waals surface area (Å²) >= 11 is 5.84. The van der Waals surface area contributed by atoms with Gasteiger partial charge in [0, 0.05) is 11.4 Å². The molecule has 0 bridgehead atoms. The van der Waals surface area contributed by atoms with E-state index >= 15 is 0 Å². The maximum atomic E-state index is 12.1. The Morgan fingerprint density at radius 2 is 1.52 bits per heavy atom. The predicted octanol–water partition coefficient (Wildman–Crippen LogP) is 5.65. The summed E-state index contributed by atoms with van der Waals surface area (Å²) < 4.78 is 15.8. The number of rotatable bonds is 16. The number of halogens is 1. The highest BCUT2D eigenvalue weighted by Gasteiger charge is 2.17. The number of carbonyl (C=O) groups is 2. The van der Waals surface area contributed by atoms with Crippen molar-refractivity contribution in [2.24, 2.45) is 5.73 Å². The van der Waals surface area contributed by atoms with Crippen molar-refractivity contribution in [1.29, 1.82) is 0 Å². The lowest BCUT2D eigenvalue weighted by atomic mass is 10.1. The third-order valence-corrected chi connectivity index (χ3v) is 4.70. The molecule has 1 amide bonds. The van der Waals surface area contributed by atoms with Crippen LogP contribution in [-0.4, -0.2) is 31.4 Å². The molecule has 6 nitrogen and oxygen atoms in total. The van der Waals surface area contributed by atoms with Gasteiger partial charge in [-0.25, -0.2) is 4.79 Å². The Morgan fingerprint density at radius 1 is 0.931 bits per heavy atom. The minimum absolute atomic E-state index is 0.0540. The van der Waals surface area contributed by atoms with Crippen LogP contribution in [0.4, 0.5) is 4.79 Å². The van der Waals surface area contributed by atoms with E-state index in [0.717, 1.165) is 19.3 Å². The molecule has 0 heterocycles. The molecule has 0 saturated carbocycles. The number of ether oxygens (including phenoxy) is 3. The lowest BCUT2D eigenvalue weighted by Gasteiger charge is -2.18. The lowest BCUT2D eigenvalue weighted by molar-refractivity contribution is -0.153. The van der Waals surface area contributed by atoms with Gasteiger partial charge < -0.3 is 19.9 Å². The molecule has 164 valence electrons. The third-order valence-electron chi connectivity index (χ3n) is 4.44. The number of hydrogen-bond acceptors (Lipinski definition) is 5. The molecule has 29 heavy (non-hydrogen) atoms. The van der Waals surface area contributed by atoms with Crippen LogP contribution in [-0.2, 0) is 14.3 Å². The summed E-state index contributed by atoms with van der Waals surface area (Å²) in [7, 11) is 0.